The molecule has 0 aliphatic heterocycles. The molecule has 126 valence electrons. The van der Waals surface area contributed by atoms with Crippen molar-refractivity contribution < 1.29 is 24.2 Å². The number of hydrogen-bond acceptors (Lipinski definition) is 5. The lowest BCUT2D eigenvalue weighted by Crippen LogP contribution is -2.55. The van der Waals surface area contributed by atoms with E-state index < -0.39 is 6.03 Å². The second-order valence-corrected chi connectivity index (χ2v) is 4.66. The molecule has 0 saturated heterocycles. The van der Waals surface area contributed by atoms with Crippen LogP contribution in [0.15, 0.2) is 36.4 Å². The highest BCUT2D eigenvalue weighted by Crippen LogP contribution is 2.30. The maximum atomic E-state index is 12.2. The van der Waals surface area contributed by atoms with Gasteiger partial charge in [-0.05, 0) is 18.2 Å². The van der Waals surface area contributed by atoms with Crippen LogP contribution in [0, 0.1) is 4.91 Å². The van der Waals surface area contributed by atoms with Crippen molar-refractivity contribution in [3.63, 3.8) is 0 Å². The molecule has 3 N–H and O–H groups in total. The first kappa shape index (κ1) is 17.1. The summed E-state index contributed by atoms with van der Waals surface area (Å²) in [6, 6.07) is 9.11. The van der Waals surface area contributed by atoms with E-state index in [-0.39, 0.29) is 0 Å². The van der Waals surface area contributed by atoms with E-state index in [1.807, 2.05) is 0 Å². The SMILES string of the molecule is COc1ccc(OC)c(NC(=O)Nc2ccc([NH+]=O)cc2OC)c1. The Balaban J connectivity index is 2.18. The van der Waals surface area contributed by atoms with Gasteiger partial charge in [-0.15, -0.1) is 0 Å². The van der Waals surface area contributed by atoms with E-state index in [4.69, 9.17) is 14.2 Å². The zero-order valence-corrected chi connectivity index (χ0v) is 13.5. The molecule has 0 saturated carbocycles. The molecular weight excluding hydrogens is 314 g/mol. The van der Waals surface area contributed by atoms with Crippen molar-refractivity contribution in [2.75, 3.05) is 32.0 Å². The number of hydrogen-bond donors (Lipinski definition) is 3. The summed E-state index contributed by atoms with van der Waals surface area (Å²) in [4.78, 5) is 22.9. The van der Waals surface area contributed by atoms with Gasteiger partial charge in [-0.3, -0.25) is 0 Å². The molecule has 2 rings (SSSR count). The lowest BCUT2D eigenvalue weighted by atomic mass is 10.2. The standard InChI is InChI=1S/C16H17N3O5/c1-22-11-5-7-14(23-2)13(9-11)18-16(20)17-12-6-4-10(19-21)8-15(12)24-3/h4-9H,1-3H3,(H2,17,18,20)/p+1. The molecule has 24 heavy (non-hydrogen) atoms. The van der Waals surface area contributed by atoms with Gasteiger partial charge in [0.25, 0.3) is 5.69 Å². The molecular formula is C16H18N3O5+. The number of nitroso groups, excluding NO2 is 1. The average Bonchev–Trinajstić information content (AvgIpc) is 2.61. The number of carbonyl (C=O) groups excluding carboxylic acids is 1. The Kier molecular flexibility index (Phi) is 5.56. The highest BCUT2D eigenvalue weighted by molar-refractivity contribution is 6.01. The second-order valence-electron chi connectivity index (χ2n) is 4.66. The van der Waals surface area contributed by atoms with Gasteiger partial charge in [-0.25, -0.2) is 4.79 Å². The quantitative estimate of drug-likeness (QED) is 0.749. The molecule has 0 unspecified atom stereocenters. The zero-order chi connectivity index (χ0) is 17.5. The van der Waals surface area contributed by atoms with Gasteiger partial charge >= 0.3 is 6.03 Å². The first-order chi connectivity index (χ1) is 11.6. The van der Waals surface area contributed by atoms with E-state index in [0.717, 1.165) is 0 Å². The molecule has 8 nitrogen and oxygen atoms in total. The van der Waals surface area contributed by atoms with Crippen LogP contribution in [0.4, 0.5) is 21.9 Å². The van der Waals surface area contributed by atoms with Gasteiger partial charge in [0.15, 0.2) is 0 Å². The summed E-state index contributed by atoms with van der Waals surface area (Å²) in [6.07, 6.45) is 0. The van der Waals surface area contributed by atoms with Crippen molar-refractivity contribution in [3.8, 4) is 17.2 Å². The van der Waals surface area contributed by atoms with Crippen molar-refractivity contribution >= 4 is 23.1 Å². The van der Waals surface area contributed by atoms with Crippen molar-refractivity contribution in [3.05, 3.63) is 41.3 Å². The van der Waals surface area contributed by atoms with Gasteiger partial charge < -0.3 is 24.8 Å². The molecule has 0 aromatic heterocycles. The van der Waals surface area contributed by atoms with Crippen LogP contribution in [-0.2, 0) is 0 Å². The number of methoxy groups -OCH3 is 3. The molecule has 2 aromatic rings. The van der Waals surface area contributed by atoms with Crippen LogP contribution in [0.25, 0.3) is 0 Å². The molecule has 2 aromatic carbocycles. The first-order valence-electron chi connectivity index (χ1n) is 6.97. The number of carbonyl (C=O) groups is 1. The number of nitrogens with one attached hydrogen (secondary N) is 3. The molecule has 0 atom stereocenters. The van der Waals surface area contributed by atoms with Gasteiger partial charge in [0.1, 0.15) is 17.2 Å². The fourth-order valence-corrected chi connectivity index (χ4v) is 2.05. The summed E-state index contributed by atoms with van der Waals surface area (Å²) in [5.41, 5.74) is 1.19. The van der Waals surface area contributed by atoms with E-state index in [1.165, 1.54) is 33.5 Å². The van der Waals surface area contributed by atoms with E-state index in [9.17, 15) is 9.70 Å². The number of benzene rings is 2. The Morgan fingerprint density at radius 3 is 2.21 bits per heavy atom. The maximum Gasteiger partial charge on any atom is 0.323 e. The largest absolute Gasteiger partial charge is 0.497 e. The van der Waals surface area contributed by atoms with Gasteiger partial charge in [0.2, 0.25) is 0 Å². The zero-order valence-electron chi connectivity index (χ0n) is 13.5. The minimum absolute atomic E-state index is 0.326. The molecule has 0 aliphatic carbocycles. The van der Waals surface area contributed by atoms with E-state index in [1.54, 1.807) is 29.4 Å². The second kappa shape index (κ2) is 7.82. The molecule has 0 aliphatic rings. The Hall–Kier alpha value is -3.29. The molecule has 0 fully saturated rings. The third kappa shape index (κ3) is 3.92. The van der Waals surface area contributed by atoms with Crippen molar-refractivity contribution in [1.29, 1.82) is 0 Å². The molecule has 2 amide bonds. The van der Waals surface area contributed by atoms with Crippen LogP contribution in [0.1, 0.15) is 0 Å². The van der Waals surface area contributed by atoms with Gasteiger partial charge in [-0.2, -0.15) is 0 Å². The van der Waals surface area contributed by atoms with Crippen LogP contribution in [0.5, 0.6) is 17.2 Å². The van der Waals surface area contributed by atoms with Gasteiger partial charge in [-0.1, -0.05) is 0 Å². The fourth-order valence-electron chi connectivity index (χ4n) is 2.05. The van der Waals surface area contributed by atoms with E-state index in [0.29, 0.717) is 34.3 Å². The lowest BCUT2D eigenvalue weighted by molar-refractivity contribution is -0.379. The van der Waals surface area contributed by atoms with Crippen molar-refractivity contribution in [1.82, 2.24) is 0 Å². The number of anilines is 2. The molecule has 0 spiro atoms. The smallest absolute Gasteiger partial charge is 0.323 e. The average molecular weight is 332 g/mol. The number of ether oxygens (including phenoxy) is 3. The van der Waals surface area contributed by atoms with Gasteiger partial charge in [0.05, 0.1) is 38.8 Å². The van der Waals surface area contributed by atoms with E-state index in [2.05, 4.69) is 10.6 Å². The predicted octanol–water partition coefficient (Wildman–Crippen LogP) is 1.83. The monoisotopic (exact) mass is 332 g/mol. The first-order valence-corrected chi connectivity index (χ1v) is 6.97. The Morgan fingerprint density at radius 1 is 0.875 bits per heavy atom. The van der Waals surface area contributed by atoms with Crippen molar-refractivity contribution in [2.45, 2.75) is 0 Å². The molecule has 0 heterocycles. The van der Waals surface area contributed by atoms with Crippen molar-refractivity contribution in [2.24, 2.45) is 0 Å². The highest BCUT2D eigenvalue weighted by atomic mass is 16.5. The molecule has 8 heteroatoms. The Morgan fingerprint density at radius 2 is 1.58 bits per heavy atom. The van der Waals surface area contributed by atoms with Crippen LogP contribution < -0.4 is 30.0 Å². The molecule has 0 radical (unpaired) electrons. The predicted molar refractivity (Wildman–Crippen MR) is 89.2 cm³/mol. The fraction of sp³-hybridized carbons (Fsp3) is 0.188. The Bertz CT molecular complexity index is 748. The lowest BCUT2D eigenvalue weighted by Gasteiger charge is -2.13. The number of amides is 2. The molecule has 0 bridgehead atoms. The summed E-state index contributed by atoms with van der Waals surface area (Å²) in [7, 11) is 4.47. The third-order valence-corrected chi connectivity index (χ3v) is 3.22. The minimum Gasteiger partial charge on any atom is -0.497 e. The summed E-state index contributed by atoms with van der Waals surface area (Å²) in [5, 5.41) is 7.09. The van der Waals surface area contributed by atoms with Crippen LogP contribution in [0.2, 0.25) is 0 Å². The van der Waals surface area contributed by atoms with Crippen LogP contribution in [0.3, 0.4) is 0 Å². The van der Waals surface area contributed by atoms with E-state index >= 15 is 0 Å². The highest BCUT2D eigenvalue weighted by Gasteiger charge is 2.13. The summed E-state index contributed by atoms with van der Waals surface area (Å²) in [6.45, 7) is 0. The topological polar surface area (TPSA) is 99.9 Å². The summed E-state index contributed by atoms with van der Waals surface area (Å²) < 4.78 is 15.5. The minimum atomic E-state index is -0.498. The summed E-state index contributed by atoms with van der Waals surface area (Å²) in [5.74, 6) is 1.42. The number of rotatable bonds is 6. The third-order valence-electron chi connectivity index (χ3n) is 3.22. The Labute approximate surface area is 138 Å². The summed E-state index contributed by atoms with van der Waals surface area (Å²) >= 11 is 0. The van der Waals surface area contributed by atoms with Crippen LogP contribution >= 0.6 is 0 Å². The van der Waals surface area contributed by atoms with Crippen LogP contribution in [-0.4, -0.2) is 27.4 Å². The maximum absolute atomic E-state index is 12.2. The number of urea groups is 1. The normalized spacial score (nSPS) is 9.79. The van der Waals surface area contributed by atoms with Gasteiger partial charge in [0, 0.05) is 22.2 Å².